The number of anilines is 2. The zero-order chi connectivity index (χ0) is 15.7. The Bertz CT molecular complexity index is 505. The molecule has 0 radical (unpaired) electrons. The number of hydrogen-bond donors (Lipinski definition) is 3. The maximum Gasteiger partial charge on any atom is 0.138 e. The molecule has 21 heavy (non-hydrogen) atoms. The summed E-state index contributed by atoms with van der Waals surface area (Å²) < 4.78 is 5.27. The molecule has 1 saturated heterocycles. The van der Waals surface area contributed by atoms with Crippen molar-refractivity contribution < 1.29 is 9.84 Å². The average molecular weight is 294 g/mol. The third-order valence-corrected chi connectivity index (χ3v) is 3.72. The van der Waals surface area contributed by atoms with Crippen LogP contribution in [0.2, 0.25) is 0 Å². The fraction of sp³-hybridized carbons (Fsp3) is 0.733. The van der Waals surface area contributed by atoms with E-state index in [1.807, 2.05) is 14.0 Å². The highest BCUT2D eigenvalue weighted by atomic mass is 16.5. The van der Waals surface area contributed by atoms with Crippen molar-refractivity contribution in [1.29, 1.82) is 0 Å². The van der Waals surface area contributed by atoms with Crippen LogP contribution in [-0.2, 0) is 10.2 Å². The molecule has 2 rings (SSSR count). The Balaban J connectivity index is 2.25. The van der Waals surface area contributed by atoms with Gasteiger partial charge in [0.05, 0.1) is 6.61 Å². The minimum absolute atomic E-state index is 0.136. The average Bonchev–Trinajstić information content (AvgIpc) is 2.83. The highest BCUT2D eigenvalue weighted by Gasteiger charge is 2.32. The maximum atomic E-state index is 10.4. The van der Waals surface area contributed by atoms with E-state index in [0.717, 1.165) is 23.0 Å². The summed E-state index contributed by atoms with van der Waals surface area (Å²) in [5.41, 5.74) is 0.00960. The molecule has 3 N–H and O–H groups in total. The smallest absolute Gasteiger partial charge is 0.138 e. The van der Waals surface area contributed by atoms with Gasteiger partial charge in [-0.25, -0.2) is 9.97 Å². The van der Waals surface area contributed by atoms with Gasteiger partial charge in [0.1, 0.15) is 23.1 Å². The largest absolute Gasteiger partial charge is 0.386 e. The second kappa shape index (κ2) is 5.77. The molecule has 0 aliphatic carbocycles. The molecule has 6 nitrogen and oxygen atoms in total. The molecule has 1 unspecified atom stereocenters. The summed E-state index contributed by atoms with van der Waals surface area (Å²) in [6, 6.07) is 0. The highest BCUT2D eigenvalue weighted by molar-refractivity contribution is 5.57. The molecule has 118 valence electrons. The first kappa shape index (κ1) is 16.0. The summed E-state index contributed by atoms with van der Waals surface area (Å²) >= 11 is 0. The Hall–Kier alpha value is -1.40. The first-order chi connectivity index (χ1) is 9.75. The van der Waals surface area contributed by atoms with Gasteiger partial charge in [0.2, 0.25) is 0 Å². The first-order valence-corrected chi connectivity index (χ1v) is 7.36. The lowest BCUT2D eigenvalue weighted by Gasteiger charge is -2.24. The lowest BCUT2D eigenvalue weighted by Crippen LogP contribution is -2.37. The van der Waals surface area contributed by atoms with Crippen molar-refractivity contribution in [2.45, 2.75) is 45.1 Å². The van der Waals surface area contributed by atoms with Crippen LogP contribution in [-0.4, -0.2) is 47.5 Å². The van der Waals surface area contributed by atoms with Crippen LogP contribution < -0.4 is 10.6 Å². The van der Waals surface area contributed by atoms with Gasteiger partial charge in [-0.3, -0.25) is 0 Å². The first-order valence-electron chi connectivity index (χ1n) is 7.36. The van der Waals surface area contributed by atoms with Crippen molar-refractivity contribution >= 4 is 11.6 Å². The molecule has 0 saturated carbocycles. The number of aromatic nitrogens is 2. The van der Waals surface area contributed by atoms with Crippen LogP contribution in [0.15, 0.2) is 0 Å². The van der Waals surface area contributed by atoms with Crippen LogP contribution in [0, 0.1) is 6.92 Å². The van der Waals surface area contributed by atoms with Gasteiger partial charge in [0.15, 0.2) is 0 Å². The number of aliphatic hydroxyl groups is 1. The lowest BCUT2D eigenvalue weighted by atomic mass is 9.95. The van der Waals surface area contributed by atoms with Crippen molar-refractivity contribution in [2.75, 3.05) is 37.4 Å². The molecule has 1 aromatic heterocycles. The molecule has 1 fully saturated rings. The molecular weight excluding hydrogens is 268 g/mol. The summed E-state index contributed by atoms with van der Waals surface area (Å²) in [6.07, 6.45) is 0.648. The highest BCUT2D eigenvalue weighted by Crippen LogP contribution is 2.27. The Morgan fingerprint density at radius 1 is 1.29 bits per heavy atom. The van der Waals surface area contributed by atoms with Crippen LogP contribution >= 0.6 is 0 Å². The van der Waals surface area contributed by atoms with Gasteiger partial charge in [-0.1, -0.05) is 20.8 Å². The number of nitrogens with zero attached hydrogens (tertiary/aromatic N) is 2. The minimum Gasteiger partial charge on any atom is -0.386 e. The third kappa shape index (κ3) is 3.63. The van der Waals surface area contributed by atoms with E-state index < -0.39 is 5.60 Å². The van der Waals surface area contributed by atoms with E-state index in [9.17, 15) is 5.11 Å². The Morgan fingerprint density at radius 3 is 2.48 bits per heavy atom. The molecule has 0 amide bonds. The predicted molar refractivity (Wildman–Crippen MR) is 83.9 cm³/mol. The molecule has 0 aromatic carbocycles. The summed E-state index contributed by atoms with van der Waals surface area (Å²) in [5.74, 6) is 2.35. The standard InChI is InChI=1S/C15H26N4O2/c1-10-11(16-5)18-13(14(2,3)4)19-12(10)17-8-15(20)6-7-21-9-15/h20H,6-9H2,1-5H3,(H2,16,17,18,19). The number of nitrogens with one attached hydrogen (secondary N) is 2. The topological polar surface area (TPSA) is 79.3 Å². The SMILES string of the molecule is CNc1nc(C(C)(C)C)nc(NCC2(O)CCOC2)c1C. The van der Waals surface area contributed by atoms with Gasteiger partial charge in [0, 0.05) is 37.6 Å². The van der Waals surface area contributed by atoms with Gasteiger partial charge in [-0.2, -0.15) is 0 Å². The van der Waals surface area contributed by atoms with Gasteiger partial charge >= 0.3 is 0 Å². The zero-order valence-electron chi connectivity index (χ0n) is 13.6. The summed E-state index contributed by atoms with van der Waals surface area (Å²) in [6.45, 7) is 9.62. The summed E-state index contributed by atoms with van der Waals surface area (Å²) in [5, 5.41) is 16.7. The normalized spacial score (nSPS) is 22.4. The molecule has 2 heterocycles. The molecule has 1 aromatic rings. The summed E-state index contributed by atoms with van der Waals surface area (Å²) in [7, 11) is 1.85. The van der Waals surface area contributed by atoms with Crippen molar-refractivity contribution in [1.82, 2.24) is 9.97 Å². The molecule has 1 atom stereocenters. The summed E-state index contributed by atoms with van der Waals surface area (Å²) in [4.78, 5) is 9.20. The number of rotatable bonds is 4. The maximum absolute atomic E-state index is 10.4. The molecular formula is C15H26N4O2. The molecule has 1 aliphatic rings. The van der Waals surface area contributed by atoms with Crippen molar-refractivity contribution in [3.8, 4) is 0 Å². The number of hydrogen-bond acceptors (Lipinski definition) is 6. The molecule has 0 spiro atoms. The zero-order valence-corrected chi connectivity index (χ0v) is 13.6. The Kier molecular flexibility index (Phi) is 4.39. The van der Waals surface area contributed by atoms with E-state index in [1.165, 1.54) is 0 Å². The van der Waals surface area contributed by atoms with Gasteiger partial charge in [-0.05, 0) is 6.92 Å². The van der Waals surface area contributed by atoms with Crippen LogP contribution in [0.3, 0.4) is 0 Å². The van der Waals surface area contributed by atoms with Crippen LogP contribution in [0.25, 0.3) is 0 Å². The van der Waals surface area contributed by atoms with E-state index in [4.69, 9.17) is 4.74 Å². The van der Waals surface area contributed by atoms with Crippen LogP contribution in [0.5, 0.6) is 0 Å². The molecule has 1 aliphatic heterocycles. The Labute approximate surface area is 126 Å². The van der Waals surface area contributed by atoms with Gasteiger partial charge in [0.25, 0.3) is 0 Å². The van der Waals surface area contributed by atoms with E-state index in [0.29, 0.717) is 26.2 Å². The van der Waals surface area contributed by atoms with Crippen LogP contribution in [0.4, 0.5) is 11.6 Å². The fourth-order valence-electron chi connectivity index (χ4n) is 2.25. The molecule has 0 bridgehead atoms. The second-order valence-corrected chi connectivity index (χ2v) is 6.75. The quantitative estimate of drug-likeness (QED) is 0.784. The molecule has 6 heteroatoms. The fourth-order valence-corrected chi connectivity index (χ4v) is 2.25. The van der Waals surface area contributed by atoms with Gasteiger partial charge in [-0.15, -0.1) is 0 Å². The van der Waals surface area contributed by atoms with Crippen molar-refractivity contribution in [3.63, 3.8) is 0 Å². The minimum atomic E-state index is -0.806. The van der Waals surface area contributed by atoms with Gasteiger partial charge < -0.3 is 20.5 Å². The van der Waals surface area contributed by atoms with E-state index >= 15 is 0 Å². The van der Waals surface area contributed by atoms with E-state index in [2.05, 4.69) is 41.4 Å². The van der Waals surface area contributed by atoms with Crippen molar-refractivity contribution in [2.24, 2.45) is 0 Å². The van der Waals surface area contributed by atoms with Crippen molar-refractivity contribution in [3.05, 3.63) is 11.4 Å². The van der Waals surface area contributed by atoms with E-state index in [-0.39, 0.29) is 5.41 Å². The van der Waals surface area contributed by atoms with Crippen LogP contribution in [0.1, 0.15) is 38.6 Å². The van der Waals surface area contributed by atoms with E-state index in [1.54, 1.807) is 0 Å². The number of ether oxygens (including phenoxy) is 1. The predicted octanol–water partition coefficient (Wildman–Crippen LogP) is 1.69. The second-order valence-electron chi connectivity index (χ2n) is 6.75. The third-order valence-electron chi connectivity index (χ3n) is 3.72. The Morgan fingerprint density at radius 2 is 1.95 bits per heavy atom. The monoisotopic (exact) mass is 294 g/mol. The lowest BCUT2D eigenvalue weighted by molar-refractivity contribution is 0.0381.